The molecule has 4 aliphatic rings. The number of rotatable bonds is 6. The Balaban J connectivity index is 1.66. The minimum absolute atomic E-state index is 0.0249. The molecule has 6 heteroatoms. The van der Waals surface area contributed by atoms with Crippen molar-refractivity contribution in [3.8, 4) is 0 Å². The summed E-state index contributed by atoms with van der Waals surface area (Å²) in [5.74, 6) is -1.84. The van der Waals surface area contributed by atoms with Crippen molar-refractivity contribution in [2.75, 3.05) is 0 Å². The van der Waals surface area contributed by atoms with Crippen LogP contribution >= 0.6 is 0 Å². The van der Waals surface area contributed by atoms with Crippen molar-refractivity contribution in [2.45, 2.75) is 91.8 Å². The number of aliphatic carboxylic acids is 1. The normalized spacial score (nSPS) is 42.7. The summed E-state index contributed by atoms with van der Waals surface area (Å²) in [5, 5.41) is 31.3. The van der Waals surface area contributed by atoms with Crippen molar-refractivity contribution < 1.29 is 29.7 Å². The van der Waals surface area contributed by atoms with Gasteiger partial charge in [-0.05, 0) is 75.0 Å². The van der Waals surface area contributed by atoms with E-state index < -0.39 is 34.9 Å². The fraction of sp³-hybridized carbons (Fsp3) is 0.759. The summed E-state index contributed by atoms with van der Waals surface area (Å²) >= 11 is 0. The Bertz CT molecular complexity index is 980. The topological polar surface area (TPSA) is 112 Å². The summed E-state index contributed by atoms with van der Waals surface area (Å²) < 4.78 is 0. The fourth-order valence-corrected chi connectivity index (χ4v) is 8.40. The number of ketones is 2. The Kier molecular flexibility index (Phi) is 6.72. The second-order valence-electron chi connectivity index (χ2n) is 12.5. The van der Waals surface area contributed by atoms with Gasteiger partial charge in [-0.3, -0.25) is 14.4 Å². The highest BCUT2D eigenvalue weighted by Gasteiger charge is 2.65. The minimum atomic E-state index is -1.16. The van der Waals surface area contributed by atoms with Crippen LogP contribution in [0, 0.1) is 46.3 Å². The first-order valence-corrected chi connectivity index (χ1v) is 13.3. The van der Waals surface area contributed by atoms with Gasteiger partial charge in [0.25, 0.3) is 0 Å². The van der Waals surface area contributed by atoms with Gasteiger partial charge in [0.1, 0.15) is 6.10 Å². The van der Waals surface area contributed by atoms with E-state index in [4.69, 9.17) is 0 Å². The lowest BCUT2D eigenvalue weighted by Crippen LogP contribution is -2.58. The molecule has 10 atom stereocenters. The van der Waals surface area contributed by atoms with Crippen molar-refractivity contribution in [3.05, 3.63) is 23.3 Å². The third-order valence-corrected chi connectivity index (χ3v) is 10.9. The van der Waals surface area contributed by atoms with Crippen LogP contribution in [0.15, 0.2) is 23.3 Å². The molecule has 0 aromatic heterocycles. The SMILES string of the molecule is C=C(CC[C@@H](C)[C@H]1CC[C@H]2C3=C(C(=O)[C@H](O)[C@]12C)[C@@]1(C)CC[C@@H](O)C(C)[C@@H]1CC3=O)[C@@H](C)C(=O)O. The van der Waals surface area contributed by atoms with Crippen LogP contribution in [0.1, 0.15) is 79.6 Å². The number of Topliss-reactive ketones (excluding diaryl/α,β-unsaturated/α-hetero) is 2. The van der Waals surface area contributed by atoms with Crippen LogP contribution < -0.4 is 0 Å². The molecule has 4 rings (SSSR count). The molecule has 2 saturated carbocycles. The van der Waals surface area contributed by atoms with Gasteiger partial charge in [-0.25, -0.2) is 0 Å². The molecule has 0 spiro atoms. The summed E-state index contributed by atoms with van der Waals surface area (Å²) in [6.45, 7) is 13.8. The van der Waals surface area contributed by atoms with Gasteiger partial charge in [0.15, 0.2) is 11.6 Å². The van der Waals surface area contributed by atoms with E-state index >= 15 is 0 Å². The molecule has 0 aliphatic heterocycles. The highest BCUT2D eigenvalue weighted by molar-refractivity contribution is 6.12. The Morgan fingerprint density at radius 1 is 1.14 bits per heavy atom. The van der Waals surface area contributed by atoms with Crippen LogP contribution in [0.25, 0.3) is 0 Å². The fourth-order valence-electron chi connectivity index (χ4n) is 8.40. The lowest BCUT2D eigenvalue weighted by atomic mass is 9.47. The van der Waals surface area contributed by atoms with Gasteiger partial charge in [0, 0.05) is 28.4 Å². The average molecular weight is 487 g/mol. The van der Waals surface area contributed by atoms with Crippen molar-refractivity contribution in [1.82, 2.24) is 0 Å². The maximum atomic E-state index is 13.9. The van der Waals surface area contributed by atoms with Crippen LogP contribution in [-0.4, -0.2) is 45.1 Å². The molecule has 3 N–H and O–H groups in total. The number of aliphatic hydroxyl groups is 2. The van der Waals surface area contributed by atoms with Crippen LogP contribution in [-0.2, 0) is 14.4 Å². The van der Waals surface area contributed by atoms with Crippen LogP contribution in [0.4, 0.5) is 0 Å². The predicted molar refractivity (Wildman–Crippen MR) is 132 cm³/mol. The molecule has 0 aromatic rings. The highest BCUT2D eigenvalue weighted by Crippen LogP contribution is 2.65. The van der Waals surface area contributed by atoms with Gasteiger partial charge < -0.3 is 15.3 Å². The summed E-state index contributed by atoms with van der Waals surface area (Å²) in [6.07, 6.45) is 2.90. The molecular weight excluding hydrogens is 444 g/mol. The summed E-state index contributed by atoms with van der Waals surface area (Å²) in [5.41, 5.74) is 0.709. The van der Waals surface area contributed by atoms with E-state index in [1.807, 2.05) is 13.8 Å². The zero-order valence-corrected chi connectivity index (χ0v) is 21.8. The first-order chi connectivity index (χ1) is 16.3. The molecule has 0 aromatic carbocycles. The van der Waals surface area contributed by atoms with E-state index in [1.54, 1.807) is 6.92 Å². The number of carboxylic acids is 1. The molecule has 1 unspecified atom stereocenters. The maximum absolute atomic E-state index is 13.9. The van der Waals surface area contributed by atoms with Gasteiger partial charge in [-0.1, -0.05) is 39.8 Å². The van der Waals surface area contributed by atoms with E-state index in [1.165, 1.54) is 0 Å². The lowest BCUT2D eigenvalue weighted by Gasteiger charge is -2.56. The lowest BCUT2D eigenvalue weighted by molar-refractivity contribution is -0.145. The number of carbonyl (C=O) groups is 3. The third kappa shape index (κ3) is 3.78. The van der Waals surface area contributed by atoms with Crippen LogP contribution in [0.2, 0.25) is 0 Å². The second-order valence-corrected chi connectivity index (χ2v) is 12.5. The van der Waals surface area contributed by atoms with Crippen LogP contribution in [0.3, 0.4) is 0 Å². The van der Waals surface area contributed by atoms with Gasteiger partial charge in [0.2, 0.25) is 0 Å². The second kappa shape index (κ2) is 8.95. The Labute approximate surface area is 208 Å². The predicted octanol–water partition coefficient (Wildman–Crippen LogP) is 4.34. The summed E-state index contributed by atoms with van der Waals surface area (Å²) in [6, 6.07) is 0. The minimum Gasteiger partial charge on any atom is -0.481 e. The van der Waals surface area contributed by atoms with Gasteiger partial charge >= 0.3 is 5.97 Å². The summed E-state index contributed by atoms with van der Waals surface area (Å²) in [7, 11) is 0. The third-order valence-electron chi connectivity index (χ3n) is 10.9. The molecule has 0 heterocycles. The number of hydrogen-bond donors (Lipinski definition) is 3. The number of allylic oxidation sites excluding steroid dienone is 1. The van der Waals surface area contributed by atoms with Crippen molar-refractivity contribution >= 4 is 17.5 Å². The summed E-state index contributed by atoms with van der Waals surface area (Å²) in [4.78, 5) is 38.8. The van der Waals surface area contributed by atoms with Crippen LogP contribution in [0.5, 0.6) is 0 Å². The molecule has 0 amide bonds. The first kappa shape index (κ1) is 26.3. The van der Waals surface area contributed by atoms with Crippen molar-refractivity contribution in [1.29, 1.82) is 0 Å². The molecular formula is C29H42O6. The smallest absolute Gasteiger partial charge is 0.310 e. The molecule has 0 saturated heterocycles. The largest absolute Gasteiger partial charge is 0.481 e. The number of hydrogen-bond acceptors (Lipinski definition) is 5. The van der Waals surface area contributed by atoms with E-state index in [-0.39, 0.29) is 41.2 Å². The van der Waals surface area contributed by atoms with Crippen molar-refractivity contribution in [2.24, 2.45) is 46.3 Å². The molecule has 6 nitrogen and oxygen atoms in total. The van der Waals surface area contributed by atoms with E-state index in [0.717, 1.165) is 19.3 Å². The highest BCUT2D eigenvalue weighted by atomic mass is 16.4. The zero-order chi connectivity index (χ0) is 26.0. The van der Waals surface area contributed by atoms with Gasteiger partial charge in [0.05, 0.1) is 12.0 Å². The number of carbonyl (C=O) groups excluding carboxylic acids is 2. The van der Waals surface area contributed by atoms with E-state index in [9.17, 15) is 29.7 Å². The van der Waals surface area contributed by atoms with E-state index in [2.05, 4.69) is 20.4 Å². The first-order valence-electron chi connectivity index (χ1n) is 13.3. The Morgan fingerprint density at radius 3 is 2.43 bits per heavy atom. The molecule has 2 fully saturated rings. The Hall–Kier alpha value is -1.79. The van der Waals surface area contributed by atoms with E-state index in [0.29, 0.717) is 42.4 Å². The number of carboxylic acid groups (broad SMARTS) is 1. The standard InChI is InChI=1S/C29H42O6/c1-14(16(3)27(34)35)7-8-15(2)18-9-10-19-23-22(31)13-20-17(4)21(30)11-12-28(20,5)24(23)25(32)26(33)29(18,19)6/h15-21,26,30,33H,1,7-13H2,2-6H3,(H,34,35)/t15-,16-,17?,18-,19+,20+,21-,26+,28+,29-/m1/s1. The monoisotopic (exact) mass is 486 g/mol. The van der Waals surface area contributed by atoms with Crippen molar-refractivity contribution in [3.63, 3.8) is 0 Å². The maximum Gasteiger partial charge on any atom is 0.310 e. The molecule has 0 radical (unpaired) electrons. The number of aliphatic hydroxyl groups excluding tert-OH is 2. The molecule has 4 aliphatic carbocycles. The molecule has 35 heavy (non-hydrogen) atoms. The average Bonchev–Trinajstić information content (AvgIpc) is 3.16. The molecule has 194 valence electrons. The molecule has 0 bridgehead atoms. The van der Waals surface area contributed by atoms with Gasteiger partial charge in [-0.15, -0.1) is 0 Å². The zero-order valence-electron chi connectivity index (χ0n) is 21.8. The Morgan fingerprint density at radius 2 is 1.80 bits per heavy atom. The quantitative estimate of drug-likeness (QED) is 0.482. The van der Waals surface area contributed by atoms with Gasteiger partial charge in [-0.2, -0.15) is 0 Å². The number of fused-ring (bicyclic) bond motifs is 4.